The summed E-state index contributed by atoms with van der Waals surface area (Å²) >= 11 is 0. The van der Waals surface area contributed by atoms with Crippen LogP contribution in [0.1, 0.15) is 0 Å². The Kier molecular flexibility index (Phi) is 4.39. The maximum atomic E-state index is 13.4. The molecule has 118 valence electrons. The standard InChI is InChI=1S/C12H7F5NO3P/c13-7-8(14)10(16)12(11(17)9(7)15)21-22(18,19)20-6-4-2-1-3-5-6/h1-5H,(H2,18,19)/t22-/m1/s1. The van der Waals surface area contributed by atoms with E-state index in [0.717, 1.165) is 0 Å². The van der Waals surface area contributed by atoms with Gasteiger partial charge < -0.3 is 9.05 Å². The van der Waals surface area contributed by atoms with Crippen molar-refractivity contribution in [3.63, 3.8) is 0 Å². The van der Waals surface area contributed by atoms with Gasteiger partial charge in [-0.25, -0.2) is 23.2 Å². The van der Waals surface area contributed by atoms with Gasteiger partial charge in [0.05, 0.1) is 0 Å². The predicted octanol–water partition coefficient (Wildman–Crippen LogP) is 3.91. The van der Waals surface area contributed by atoms with Crippen molar-refractivity contribution in [3.8, 4) is 11.5 Å². The topological polar surface area (TPSA) is 61.6 Å². The van der Waals surface area contributed by atoms with E-state index in [4.69, 9.17) is 5.50 Å². The van der Waals surface area contributed by atoms with E-state index in [1.54, 1.807) is 6.07 Å². The summed E-state index contributed by atoms with van der Waals surface area (Å²) in [4.78, 5) is 0. The van der Waals surface area contributed by atoms with Gasteiger partial charge in [0.15, 0.2) is 0 Å². The Bertz CT molecular complexity index is 727. The predicted molar refractivity (Wildman–Crippen MR) is 65.7 cm³/mol. The fraction of sp³-hybridized carbons (Fsp3) is 0. The smallest absolute Gasteiger partial charge is 0.405 e. The molecule has 2 aromatic rings. The quantitative estimate of drug-likeness (QED) is 0.397. The molecule has 0 amide bonds. The molecule has 10 heteroatoms. The number of hydrogen-bond donors (Lipinski definition) is 1. The zero-order valence-electron chi connectivity index (χ0n) is 10.5. The van der Waals surface area contributed by atoms with E-state index in [-0.39, 0.29) is 5.75 Å². The summed E-state index contributed by atoms with van der Waals surface area (Å²) < 4.78 is 86.3. The zero-order chi connectivity index (χ0) is 16.5. The molecule has 0 aliphatic carbocycles. The Balaban J connectivity index is 2.36. The molecule has 0 aliphatic heterocycles. The largest absolute Gasteiger partial charge is 0.510 e. The third kappa shape index (κ3) is 3.20. The Hall–Kier alpha value is -2.12. The van der Waals surface area contributed by atoms with Gasteiger partial charge in [-0.1, -0.05) is 18.2 Å². The van der Waals surface area contributed by atoms with Gasteiger partial charge in [-0.2, -0.15) is 8.78 Å². The molecule has 0 bridgehead atoms. The summed E-state index contributed by atoms with van der Waals surface area (Å²) in [7, 11) is -4.68. The molecule has 0 aromatic heterocycles. The van der Waals surface area contributed by atoms with Crippen molar-refractivity contribution in [2.75, 3.05) is 0 Å². The maximum Gasteiger partial charge on any atom is 0.510 e. The summed E-state index contributed by atoms with van der Waals surface area (Å²) in [6, 6.07) is 7.10. The highest BCUT2D eigenvalue weighted by Gasteiger charge is 2.32. The van der Waals surface area contributed by atoms with Crippen LogP contribution >= 0.6 is 7.75 Å². The van der Waals surface area contributed by atoms with E-state index in [2.05, 4.69) is 9.05 Å². The lowest BCUT2D eigenvalue weighted by Gasteiger charge is -2.16. The van der Waals surface area contributed by atoms with Gasteiger partial charge in [-0.3, -0.25) is 0 Å². The van der Waals surface area contributed by atoms with Gasteiger partial charge in [-0.15, -0.1) is 0 Å². The van der Waals surface area contributed by atoms with E-state index in [1.165, 1.54) is 24.3 Å². The van der Waals surface area contributed by atoms with Crippen LogP contribution in [0.15, 0.2) is 30.3 Å². The minimum absolute atomic E-state index is 0.0859. The highest BCUT2D eigenvalue weighted by atomic mass is 31.2. The fourth-order valence-electron chi connectivity index (χ4n) is 1.44. The Morgan fingerprint density at radius 3 is 1.73 bits per heavy atom. The van der Waals surface area contributed by atoms with Gasteiger partial charge in [0.25, 0.3) is 0 Å². The number of halogens is 5. The van der Waals surface area contributed by atoms with Crippen LogP contribution < -0.4 is 14.6 Å². The Morgan fingerprint density at radius 1 is 0.773 bits per heavy atom. The third-order valence-corrected chi connectivity index (χ3v) is 3.27. The number of nitrogens with two attached hydrogens (primary N) is 1. The molecule has 2 aromatic carbocycles. The summed E-state index contributed by atoms with van der Waals surface area (Å²) in [5.74, 6) is -13.4. The first-order valence-corrected chi connectivity index (χ1v) is 7.18. The van der Waals surface area contributed by atoms with E-state index < -0.39 is 42.6 Å². The van der Waals surface area contributed by atoms with Crippen LogP contribution in [0.5, 0.6) is 11.5 Å². The van der Waals surface area contributed by atoms with Gasteiger partial charge in [0.1, 0.15) is 5.75 Å². The molecule has 0 unspecified atom stereocenters. The number of benzene rings is 2. The van der Waals surface area contributed by atoms with Crippen molar-refractivity contribution in [1.29, 1.82) is 0 Å². The van der Waals surface area contributed by atoms with Crippen LogP contribution in [0.3, 0.4) is 0 Å². The van der Waals surface area contributed by atoms with Crippen molar-refractivity contribution in [3.05, 3.63) is 59.4 Å². The number of rotatable bonds is 4. The van der Waals surface area contributed by atoms with E-state index in [9.17, 15) is 26.5 Å². The number of hydrogen-bond acceptors (Lipinski definition) is 3. The molecule has 0 spiro atoms. The molecule has 22 heavy (non-hydrogen) atoms. The first kappa shape index (κ1) is 16.3. The van der Waals surface area contributed by atoms with Crippen LogP contribution in [-0.2, 0) is 4.57 Å². The molecule has 0 saturated carbocycles. The van der Waals surface area contributed by atoms with Crippen molar-refractivity contribution in [2.45, 2.75) is 0 Å². The van der Waals surface area contributed by atoms with Crippen molar-refractivity contribution >= 4 is 7.75 Å². The van der Waals surface area contributed by atoms with Gasteiger partial charge in [0.2, 0.25) is 34.8 Å². The molecule has 0 radical (unpaired) electrons. The minimum atomic E-state index is -4.68. The van der Waals surface area contributed by atoms with Crippen LogP contribution in [0.2, 0.25) is 0 Å². The van der Waals surface area contributed by atoms with Crippen molar-refractivity contribution in [2.24, 2.45) is 5.50 Å². The first-order valence-electron chi connectivity index (χ1n) is 5.57. The second-order valence-corrected chi connectivity index (χ2v) is 5.38. The van der Waals surface area contributed by atoms with E-state index in [1.807, 2.05) is 0 Å². The summed E-state index contributed by atoms with van der Waals surface area (Å²) in [5, 5.41) is 0. The average Bonchev–Trinajstić information content (AvgIpc) is 2.48. The van der Waals surface area contributed by atoms with Crippen LogP contribution in [0, 0.1) is 29.1 Å². The molecule has 0 saturated heterocycles. The van der Waals surface area contributed by atoms with Gasteiger partial charge in [-0.05, 0) is 12.1 Å². The van der Waals surface area contributed by atoms with Gasteiger partial charge >= 0.3 is 7.75 Å². The second kappa shape index (κ2) is 5.94. The number of para-hydroxylation sites is 1. The summed E-state index contributed by atoms with van der Waals surface area (Å²) in [5.41, 5.74) is 5.10. The second-order valence-electron chi connectivity index (χ2n) is 3.93. The maximum absolute atomic E-state index is 13.4. The molecule has 2 N–H and O–H groups in total. The molecule has 1 atom stereocenters. The SMILES string of the molecule is N[P@@](=O)(Oc1ccccc1)Oc1c(F)c(F)c(F)c(F)c1F. The lowest BCUT2D eigenvalue weighted by molar-refractivity contribution is 0.326. The molecule has 0 aliphatic rings. The fourth-order valence-corrected chi connectivity index (χ4v) is 2.31. The average molecular weight is 339 g/mol. The monoisotopic (exact) mass is 339 g/mol. The molecule has 0 fully saturated rings. The molecule has 0 heterocycles. The van der Waals surface area contributed by atoms with Crippen LogP contribution in [0.4, 0.5) is 22.0 Å². The van der Waals surface area contributed by atoms with Crippen LogP contribution in [0.25, 0.3) is 0 Å². The molecule has 2 rings (SSSR count). The zero-order valence-corrected chi connectivity index (χ0v) is 11.4. The highest BCUT2D eigenvalue weighted by Crippen LogP contribution is 2.43. The van der Waals surface area contributed by atoms with Gasteiger partial charge in [0, 0.05) is 0 Å². The summed E-state index contributed by atoms with van der Waals surface area (Å²) in [6.45, 7) is 0. The molecular weight excluding hydrogens is 332 g/mol. The van der Waals surface area contributed by atoms with Crippen LogP contribution in [-0.4, -0.2) is 0 Å². The first-order chi connectivity index (χ1) is 10.2. The lowest BCUT2D eigenvalue weighted by atomic mass is 10.3. The molecular formula is C12H7F5NO3P. The van der Waals surface area contributed by atoms with E-state index >= 15 is 0 Å². The summed E-state index contributed by atoms with van der Waals surface area (Å²) in [6.07, 6.45) is 0. The molecule has 4 nitrogen and oxygen atoms in total. The third-order valence-electron chi connectivity index (χ3n) is 2.36. The lowest BCUT2D eigenvalue weighted by Crippen LogP contribution is -2.13. The Labute approximate surface area is 120 Å². The normalized spacial score (nSPS) is 13.5. The highest BCUT2D eigenvalue weighted by molar-refractivity contribution is 7.52. The van der Waals surface area contributed by atoms with Crippen molar-refractivity contribution in [1.82, 2.24) is 0 Å². The van der Waals surface area contributed by atoms with E-state index in [0.29, 0.717) is 0 Å². The van der Waals surface area contributed by atoms with Crippen molar-refractivity contribution < 1.29 is 35.6 Å². The Morgan fingerprint density at radius 2 is 1.23 bits per heavy atom. The minimum Gasteiger partial charge on any atom is -0.405 e.